The van der Waals surface area contributed by atoms with Crippen LogP contribution in [0.25, 0.3) is 21.3 Å². The van der Waals surface area contributed by atoms with Gasteiger partial charge in [0.25, 0.3) is 0 Å². The molecule has 0 atom stereocenters. The van der Waals surface area contributed by atoms with Crippen molar-refractivity contribution in [1.82, 2.24) is 9.97 Å². The van der Waals surface area contributed by atoms with E-state index in [0.29, 0.717) is 33.8 Å². The van der Waals surface area contributed by atoms with Crippen LogP contribution in [-0.4, -0.2) is 28.6 Å². The van der Waals surface area contributed by atoms with Crippen LogP contribution in [0.5, 0.6) is 5.75 Å². The Balaban J connectivity index is 1.48. The second-order valence-electron chi connectivity index (χ2n) is 7.84. The number of hydrogen-bond donors (Lipinski definition) is 1. The third-order valence-corrected chi connectivity index (χ3v) is 6.86. The van der Waals surface area contributed by atoms with Gasteiger partial charge in [0.2, 0.25) is 0 Å². The first-order valence-electron chi connectivity index (χ1n) is 10.6. The number of nitrogens with one attached hydrogen (secondary N) is 1. The first-order chi connectivity index (χ1) is 16.7. The fraction of sp³-hybridized carbons (Fsp3) is 0.0370. The van der Waals surface area contributed by atoms with Gasteiger partial charge in [-0.05, 0) is 23.8 Å². The molecule has 0 aliphatic heterocycles. The molecule has 3 aromatic carbocycles. The lowest BCUT2D eigenvalue weighted by Crippen LogP contribution is -2.22. The van der Waals surface area contributed by atoms with E-state index >= 15 is 0 Å². The van der Waals surface area contributed by atoms with Crippen molar-refractivity contribution in [3.63, 3.8) is 0 Å². The third kappa shape index (κ3) is 3.09. The van der Waals surface area contributed by atoms with Gasteiger partial charge in [-0.2, -0.15) is 0 Å². The molecule has 6 rings (SSSR count). The highest BCUT2D eigenvalue weighted by Gasteiger charge is 2.31. The van der Waals surface area contributed by atoms with Crippen molar-refractivity contribution in [2.75, 3.05) is 12.4 Å². The maximum atomic E-state index is 13.4. The van der Waals surface area contributed by atoms with E-state index in [1.807, 2.05) is 29.6 Å². The summed E-state index contributed by atoms with van der Waals surface area (Å²) in [5.74, 6) is 1.01. The van der Waals surface area contributed by atoms with Gasteiger partial charge in [0.05, 0.1) is 23.7 Å². The fourth-order valence-electron chi connectivity index (χ4n) is 4.33. The molecule has 2 heterocycles. The van der Waals surface area contributed by atoms with Crippen molar-refractivity contribution in [2.45, 2.75) is 0 Å². The lowest BCUT2D eigenvalue weighted by atomic mass is 9.83. The van der Waals surface area contributed by atoms with Gasteiger partial charge < -0.3 is 10.1 Å². The van der Waals surface area contributed by atoms with E-state index in [0.717, 1.165) is 27.1 Å². The molecule has 0 radical (unpaired) electrons. The van der Waals surface area contributed by atoms with E-state index in [2.05, 4.69) is 15.3 Å². The summed E-state index contributed by atoms with van der Waals surface area (Å²) in [6, 6.07) is 20.0. The Morgan fingerprint density at radius 2 is 1.53 bits per heavy atom. The largest absolute Gasteiger partial charge is 0.497 e. The quantitative estimate of drug-likeness (QED) is 0.351. The molecule has 0 spiro atoms. The average Bonchev–Trinajstić information content (AvgIpc) is 3.32. The summed E-state index contributed by atoms with van der Waals surface area (Å²) in [5, 5.41) is 6.22. The SMILES string of the molecule is COc1ccc(-c2csc3ncnc(Nc4cccc5c4C(=O)c4ccccc4C5=O)c23)cc1. The molecule has 34 heavy (non-hydrogen) atoms. The van der Waals surface area contributed by atoms with Crippen LogP contribution in [0.2, 0.25) is 0 Å². The summed E-state index contributed by atoms with van der Waals surface area (Å²) in [6.45, 7) is 0. The zero-order chi connectivity index (χ0) is 23.2. The summed E-state index contributed by atoms with van der Waals surface area (Å²) in [5.41, 5.74) is 4.11. The van der Waals surface area contributed by atoms with E-state index in [1.165, 1.54) is 17.7 Å². The van der Waals surface area contributed by atoms with Crippen molar-refractivity contribution >= 4 is 44.6 Å². The molecule has 0 saturated carbocycles. The molecule has 6 nitrogen and oxygen atoms in total. The lowest BCUT2D eigenvalue weighted by molar-refractivity contribution is 0.0979. The number of methoxy groups -OCH3 is 1. The highest BCUT2D eigenvalue weighted by molar-refractivity contribution is 7.17. The zero-order valence-corrected chi connectivity index (χ0v) is 18.8. The number of anilines is 2. The fourth-order valence-corrected chi connectivity index (χ4v) is 5.25. The maximum Gasteiger partial charge on any atom is 0.196 e. The van der Waals surface area contributed by atoms with E-state index in [-0.39, 0.29) is 11.6 Å². The van der Waals surface area contributed by atoms with E-state index in [9.17, 15) is 9.59 Å². The molecule has 2 aromatic heterocycles. The molecule has 0 amide bonds. The van der Waals surface area contributed by atoms with E-state index in [1.54, 1.807) is 49.6 Å². The molecule has 1 aliphatic carbocycles. The lowest BCUT2D eigenvalue weighted by Gasteiger charge is -2.20. The Morgan fingerprint density at radius 3 is 2.29 bits per heavy atom. The van der Waals surface area contributed by atoms with Gasteiger partial charge in [-0.3, -0.25) is 9.59 Å². The van der Waals surface area contributed by atoms with Gasteiger partial charge >= 0.3 is 0 Å². The molecular formula is C27H17N3O3S. The first-order valence-corrected chi connectivity index (χ1v) is 11.5. The smallest absolute Gasteiger partial charge is 0.196 e. The highest BCUT2D eigenvalue weighted by atomic mass is 32.1. The van der Waals surface area contributed by atoms with Crippen molar-refractivity contribution in [1.29, 1.82) is 0 Å². The number of thiophene rings is 1. The second-order valence-corrected chi connectivity index (χ2v) is 8.70. The molecule has 7 heteroatoms. The molecule has 0 unspecified atom stereocenters. The van der Waals surface area contributed by atoms with Crippen molar-refractivity contribution in [3.8, 4) is 16.9 Å². The second kappa shape index (κ2) is 7.90. The van der Waals surface area contributed by atoms with Gasteiger partial charge in [0, 0.05) is 27.6 Å². The number of nitrogens with zero attached hydrogens (tertiary/aromatic N) is 2. The zero-order valence-electron chi connectivity index (χ0n) is 18.0. The topological polar surface area (TPSA) is 81.2 Å². The van der Waals surface area contributed by atoms with Crippen LogP contribution in [-0.2, 0) is 0 Å². The van der Waals surface area contributed by atoms with Crippen LogP contribution in [0.15, 0.2) is 78.4 Å². The van der Waals surface area contributed by atoms with Crippen molar-refractivity contribution < 1.29 is 14.3 Å². The summed E-state index contributed by atoms with van der Waals surface area (Å²) in [4.78, 5) is 36.2. The Morgan fingerprint density at radius 1 is 0.794 bits per heavy atom. The molecule has 0 bridgehead atoms. The minimum Gasteiger partial charge on any atom is -0.497 e. The van der Waals surface area contributed by atoms with E-state index < -0.39 is 0 Å². The summed E-state index contributed by atoms with van der Waals surface area (Å²) in [6.07, 6.45) is 1.50. The summed E-state index contributed by atoms with van der Waals surface area (Å²) >= 11 is 1.52. The van der Waals surface area contributed by atoms with Crippen LogP contribution >= 0.6 is 11.3 Å². The minimum atomic E-state index is -0.181. The molecule has 0 fully saturated rings. The summed E-state index contributed by atoms with van der Waals surface area (Å²) < 4.78 is 5.28. The molecule has 1 N–H and O–H groups in total. The predicted molar refractivity (Wildman–Crippen MR) is 132 cm³/mol. The van der Waals surface area contributed by atoms with Gasteiger partial charge in [0.1, 0.15) is 22.7 Å². The highest BCUT2D eigenvalue weighted by Crippen LogP contribution is 2.39. The molecule has 1 aliphatic rings. The van der Waals surface area contributed by atoms with Gasteiger partial charge in [-0.1, -0.05) is 48.5 Å². The van der Waals surface area contributed by atoms with Crippen LogP contribution in [0.4, 0.5) is 11.5 Å². The van der Waals surface area contributed by atoms with E-state index in [4.69, 9.17) is 4.74 Å². The average molecular weight is 464 g/mol. The number of benzene rings is 3. The van der Waals surface area contributed by atoms with Crippen molar-refractivity contribution in [3.05, 3.63) is 101 Å². The van der Waals surface area contributed by atoms with Crippen LogP contribution in [0, 0.1) is 0 Å². The monoisotopic (exact) mass is 463 g/mol. The number of carbonyl (C=O) groups excluding carboxylic acids is 2. The molecule has 5 aromatic rings. The maximum absolute atomic E-state index is 13.4. The predicted octanol–water partition coefficient (Wildman–Crippen LogP) is 5.89. The van der Waals surface area contributed by atoms with Crippen LogP contribution in [0.3, 0.4) is 0 Å². The Labute approximate surface area is 198 Å². The summed E-state index contributed by atoms with van der Waals surface area (Å²) in [7, 11) is 1.63. The Kier molecular flexibility index (Phi) is 4.71. The standard InChI is InChI=1S/C27H17N3O3S/c1-33-16-11-9-15(10-12-16)20-13-34-27-23(20)26(28-14-29-27)30-21-8-4-7-19-22(21)25(32)18-6-3-2-5-17(18)24(19)31/h2-14H,1H3,(H,28,29,30). The van der Waals surface area contributed by atoms with Crippen molar-refractivity contribution in [2.24, 2.45) is 0 Å². The number of carbonyl (C=O) groups is 2. The van der Waals surface area contributed by atoms with Gasteiger partial charge in [0.15, 0.2) is 11.6 Å². The van der Waals surface area contributed by atoms with Gasteiger partial charge in [-0.25, -0.2) is 9.97 Å². The number of ketones is 2. The molecule has 0 saturated heterocycles. The minimum absolute atomic E-state index is 0.156. The number of hydrogen-bond acceptors (Lipinski definition) is 7. The third-order valence-electron chi connectivity index (χ3n) is 5.98. The van der Waals surface area contributed by atoms with Crippen LogP contribution < -0.4 is 10.1 Å². The number of fused-ring (bicyclic) bond motifs is 3. The normalized spacial score (nSPS) is 12.4. The molecule has 164 valence electrons. The number of ether oxygens (including phenoxy) is 1. The van der Waals surface area contributed by atoms with Crippen LogP contribution in [0.1, 0.15) is 31.8 Å². The number of rotatable bonds is 4. The Hall–Kier alpha value is -4.36. The molecular weight excluding hydrogens is 446 g/mol. The first kappa shape index (κ1) is 20.3. The Bertz CT molecular complexity index is 1610. The van der Waals surface area contributed by atoms with Gasteiger partial charge in [-0.15, -0.1) is 11.3 Å². The number of aromatic nitrogens is 2.